The van der Waals surface area contributed by atoms with Crippen LogP contribution in [0.3, 0.4) is 0 Å². The lowest BCUT2D eigenvalue weighted by atomic mass is 10.1. The van der Waals surface area contributed by atoms with E-state index in [9.17, 15) is 4.79 Å². The van der Waals surface area contributed by atoms with E-state index in [1.54, 1.807) is 26.3 Å². The molecule has 0 radical (unpaired) electrons. The summed E-state index contributed by atoms with van der Waals surface area (Å²) < 4.78 is 10.9. The van der Waals surface area contributed by atoms with Crippen molar-refractivity contribution >= 4 is 17.8 Å². The molecule has 1 aromatic rings. The van der Waals surface area contributed by atoms with Gasteiger partial charge in [0.1, 0.15) is 6.73 Å². The smallest absolute Gasteiger partial charge is 0.256 e. The molecule has 0 aromatic heterocycles. The third-order valence-electron chi connectivity index (χ3n) is 3.83. The van der Waals surface area contributed by atoms with E-state index in [4.69, 9.17) is 9.47 Å². The highest BCUT2D eigenvalue weighted by Crippen LogP contribution is 2.37. The summed E-state index contributed by atoms with van der Waals surface area (Å²) in [5.74, 6) is 1.14. The molecule has 1 N–H and O–H groups in total. The van der Waals surface area contributed by atoms with Gasteiger partial charge in [0.25, 0.3) is 5.91 Å². The lowest BCUT2D eigenvalue weighted by molar-refractivity contribution is 0.0774. The van der Waals surface area contributed by atoms with Crippen molar-refractivity contribution in [3.63, 3.8) is 0 Å². The fourth-order valence-electron chi connectivity index (χ4n) is 2.77. The maximum atomic E-state index is 12.6. The third-order valence-corrected chi connectivity index (χ3v) is 3.83. The van der Waals surface area contributed by atoms with E-state index in [0.29, 0.717) is 29.5 Å². The standard InChI is InChI=1S/C15H19N3O3/c1-16-9-21-14-7-12-11(6-13(14)20-2)15(19)18-5-3-4-10(18)8-17-12/h6-8,10,16H,3-5,9H2,1-2H3. The van der Waals surface area contributed by atoms with Gasteiger partial charge in [0.05, 0.1) is 24.4 Å². The first-order valence-electron chi connectivity index (χ1n) is 7.09. The van der Waals surface area contributed by atoms with Crippen molar-refractivity contribution in [3.05, 3.63) is 17.7 Å². The molecular weight excluding hydrogens is 270 g/mol. The van der Waals surface area contributed by atoms with Gasteiger partial charge in [-0.3, -0.25) is 15.1 Å². The van der Waals surface area contributed by atoms with Gasteiger partial charge in [-0.25, -0.2) is 0 Å². The van der Waals surface area contributed by atoms with E-state index in [-0.39, 0.29) is 11.9 Å². The third kappa shape index (κ3) is 2.47. The fraction of sp³-hybridized carbons (Fsp3) is 0.467. The zero-order chi connectivity index (χ0) is 14.8. The number of ether oxygens (including phenoxy) is 2. The SMILES string of the molecule is CNCOc1cc2c(cc1OC)C(=O)N1CCCC1C=N2. The highest BCUT2D eigenvalue weighted by molar-refractivity contribution is 6.03. The summed E-state index contributed by atoms with van der Waals surface area (Å²) >= 11 is 0. The van der Waals surface area contributed by atoms with E-state index in [2.05, 4.69) is 10.3 Å². The lowest BCUT2D eigenvalue weighted by Crippen LogP contribution is -2.35. The highest BCUT2D eigenvalue weighted by atomic mass is 16.5. The molecule has 0 saturated carbocycles. The number of rotatable bonds is 4. The van der Waals surface area contributed by atoms with E-state index < -0.39 is 0 Å². The van der Waals surface area contributed by atoms with Crippen molar-refractivity contribution in [3.8, 4) is 11.5 Å². The van der Waals surface area contributed by atoms with Crippen molar-refractivity contribution in [2.24, 2.45) is 4.99 Å². The molecule has 1 atom stereocenters. The number of amides is 1. The van der Waals surface area contributed by atoms with E-state index in [1.807, 2.05) is 11.1 Å². The zero-order valence-electron chi connectivity index (χ0n) is 12.3. The zero-order valence-corrected chi connectivity index (χ0v) is 12.3. The molecule has 1 unspecified atom stereocenters. The number of fused-ring (bicyclic) bond motifs is 2. The Bertz CT molecular complexity index is 586. The Balaban J connectivity index is 2.02. The number of aliphatic imine (C=N–C) groups is 1. The molecule has 0 spiro atoms. The number of carbonyl (C=O) groups excluding carboxylic acids is 1. The minimum absolute atomic E-state index is 0.0171. The maximum absolute atomic E-state index is 12.6. The van der Waals surface area contributed by atoms with Gasteiger partial charge in [-0.05, 0) is 26.0 Å². The first kappa shape index (κ1) is 13.9. The minimum Gasteiger partial charge on any atom is -0.493 e. The molecule has 1 aromatic carbocycles. The monoisotopic (exact) mass is 289 g/mol. The summed E-state index contributed by atoms with van der Waals surface area (Å²) in [5.41, 5.74) is 1.21. The van der Waals surface area contributed by atoms with Gasteiger partial charge < -0.3 is 14.4 Å². The quantitative estimate of drug-likeness (QED) is 0.855. The number of carbonyl (C=O) groups is 1. The van der Waals surface area contributed by atoms with Crippen molar-refractivity contribution in [1.82, 2.24) is 10.2 Å². The Hall–Kier alpha value is -2.08. The van der Waals surface area contributed by atoms with Crippen LogP contribution in [0.1, 0.15) is 23.2 Å². The van der Waals surface area contributed by atoms with E-state index in [1.165, 1.54) is 0 Å². The number of benzene rings is 1. The van der Waals surface area contributed by atoms with Crippen LogP contribution in [0.5, 0.6) is 11.5 Å². The second-order valence-corrected chi connectivity index (χ2v) is 5.15. The van der Waals surface area contributed by atoms with Crippen molar-refractivity contribution in [1.29, 1.82) is 0 Å². The number of hydrogen-bond acceptors (Lipinski definition) is 5. The molecule has 1 saturated heterocycles. The molecule has 21 heavy (non-hydrogen) atoms. The first-order chi connectivity index (χ1) is 10.2. The van der Waals surface area contributed by atoms with Crippen LogP contribution in [-0.4, -0.2) is 50.5 Å². The van der Waals surface area contributed by atoms with Crippen LogP contribution in [0, 0.1) is 0 Å². The van der Waals surface area contributed by atoms with Gasteiger partial charge in [-0.2, -0.15) is 0 Å². The second kappa shape index (κ2) is 5.73. The van der Waals surface area contributed by atoms with Crippen LogP contribution >= 0.6 is 0 Å². The Kier molecular flexibility index (Phi) is 3.79. The van der Waals surface area contributed by atoms with Gasteiger partial charge in [0, 0.05) is 18.8 Å². The van der Waals surface area contributed by atoms with E-state index in [0.717, 1.165) is 19.4 Å². The summed E-state index contributed by atoms with van der Waals surface area (Å²) in [6, 6.07) is 3.60. The first-order valence-corrected chi connectivity index (χ1v) is 7.09. The average molecular weight is 289 g/mol. The predicted molar refractivity (Wildman–Crippen MR) is 79.8 cm³/mol. The number of nitrogens with one attached hydrogen (secondary N) is 1. The molecule has 2 aliphatic heterocycles. The van der Waals surface area contributed by atoms with Gasteiger partial charge >= 0.3 is 0 Å². The number of methoxy groups -OCH3 is 1. The van der Waals surface area contributed by atoms with Crippen LogP contribution in [0.25, 0.3) is 0 Å². The minimum atomic E-state index is 0.0171. The Morgan fingerprint density at radius 3 is 3.05 bits per heavy atom. The van der Waals surface area contributed by atoms with Crippen LogP contribution in [-0.2, 0) is 0 Å². The predicted octanol–water partition coefficient (Wildman–Crippen LogP) is 1.57. The Labute approximate surface area is 123 Å². The molecule has 2 aliphatic rings. The number of nitrogens with zero attached hydrogens (tertiary/aromatic N) is 2. The molecule has 0 bridgehead atoms. The molecule has 1 fully saturated rings. The van der Waals surface area contributed by atoms with Gasteiger partial charge in [0.15, 0.2) is 11.5 Å². The molecule has 6 nitrogen and oxygen atoms in total. The second-order valence-electron chi connectivity index (χ2n) is 5.15. The van der Waals surface area contributed by atoms with Crippen molar-refractivity contribution in [2.75, 3.05) is 27.4 Å². The largest absolute Gasteiger partial charge is 0.493 e. The van der Waals surface area contributed by atoms with E-state index >= 15 is 0 Å². The molecule has 112 valence electrons. The molecule has 1 amide bonds. The van der Waals surface area contributed by atoms with Crippen molar-refractivity contribution < 1.29 is 14.3 Å². The average Bonchev–Trinajstić information content (AvgIpc) is 2.93. The molecule has 2 heterocycles. The van der Waals surface area contributed by atoms with Crippen molar-refractivity contribution in [2.45, 2.75) is 18.9 Å². The lowest BCUT2D eigenvalue weighted by Gasteiger charge is -2.20. The summed E-state index contributed by atoms with van der Waals surface area (Å²) in [4.78, 5) is 19.0. The van der Waals surface area contributed by atoms with Gasteiger partial charge in [-0.1, -0.05) is 0 Å². The highest BCUT2D eigenvalue weighted by Gasteiger charge is 2.32. The molecule has 0 aliphatic carbocycles. The van der Waals surface area contributed by atoms with Crippen LogP contribution in [0.4, 0.5) is 5.69 Å². The van der Waals surface area contributed by atoms with Gasteiger partial charge in [-0.15, -0.1) is 0 Å². The summed E-state index contributed by atoms with van der Waals surface area (Å²) in [6.07, 6.45) is 3.87. The molecular formula is C15H19N3O3. The van der Waals surface area contributed by atoms with Crippen LogP contribution < -0.4 is 14.8 Å². The summed E-state index contributed by atoms with van der Waals surface area (Å²) in [5, 5.41) is 2.91. The topological polar surface area (TPSA) is 63.2 Å². The Morgan fingerprint density at radius 1 is 1.43 bits per heavy atom. The van der Waals surface area contributed by atoms with Crippen LogP contribution in [0.2, 0.25) is 0 Å². The summed E-state index contributed by atoms with van der Waals surface area (Å²) in [7, 11) is 3.36. The number of hydrogen-bond donors (Lipinski definition) is 1. The van der Waals surface area contributed by atoms with Crippen LogP contribution in [0.15, 0.2) is 17.1 Å². The molecule has 6 heteroatoms. The molecule has 3 rings (SSSR count). The fourth-order valence-corrected chi connectivity index (χ4v) is 2.77. The summed E-state index contributed by atoms with van der Waals surface area (Å²) in [6.45, 7) is 1.15. The Morgan fingerprint density at radius 2 is 2.29 bits per heavy atom. The maximum Gasteiger partial charge on any atom is 0.256 e. The van der Waals surface area contributed by atoms with Gasteiger partial charge in [0.2, 0.25) is 0 Å². The normalized spacial score (nSPS) is 20.0.